The minimum atomic E-state index is -1.03. The van der Waals surface area contributed by atoms with Crippen molar-refractivity contribution in [3.8, 4) is 0 Å². The molecule has 152 valence electrons. The molecule has 0 aromatic heterocycles. The van der Waals surface area contributed by atoms with Gasteiger partial charge in [-0.1, -0.05) is 46.3 Å². The second-order valence-electron chi connectivity index (χ2n) is 7.56. The Hall–Kier alpha value is -2.22. The Balaban J connectivity index is 1.53. The number of aliphatic carboxylic acids is 1. The molecule has 0 saturated carbocycles. The molecule has 2 saturated heterocycles. The molecule has 0 unspecified atom stereocenters. The highest BCUT2D eigenvalue weighted by atomic mass is 79.9. The highest BCUT2D eigenvalue weighted by Gasteiger charge is 2.54. The summed E-state index contributed by atoms with van der Waals surface area (Å²) in [4.78, 5) is 28.9. The van der Waals surface area contributed by atoms with Crippen LogP contribution in [0.25, 0.3) is 0 Å². The number of likely N-dealkylation sites (tertiary alicyclic amines) is 1. The smallest absolute Gasteiger partial charge is 0.328 e. The van der Waals surface area contributed by atoms with Gasteiger partial charge in [0.1, 0.15) is 5.72 Å². The molecule has 1 spiro atoms. The first kappa shape index (κ1) is 20.1. The monoisotopic (exact) mass is 458 g/mol. The van der Waals surface area contributed by atoms with Crippen LogP contribution in [0, 0.1) is 0 Å². The molecule has 0 bridgehead atoms. The number of rotatable bonds is 4. The van der Waals surface area contributed by atoms with Gasteiger partial charge in [0.25, 0.3) is 5.91 Å². The van der Waals surface area contributed by atoms with E-state index in [1.165, 1.54) is 10.5 Å². The van der Waals surface area contributed by atoms with Crippen molar-refractivity contribution in [1.82, 2.24) is 9.80 Å². The van der Waals surface area contributed by atoms with Gasteiger partial charge >= 0.3 is 5.97 Å². The predicted molar refractivity (Wildman–Crippen MR) is 111 cm³/mol. The third-order valence-corrected chi connectivity index (χ3v) is 6.27. The SMILES string of the molecule is O=C(O)[C@H]1COC2(CCN(Cc3ccccc3)CC2)N1C(=O)c1ccc(Br)cc1. The number of benzene rings is 2. The number of ether oxygens (including phenoxy) is 1. The first-order chi connectivity index (χ1) is 14.0. The fraction of sp³-hybridized carbons (Fsp3) is 0.364. The molecular weight excluding hydrogens is 436 g/mol. The number of halogens is 1. The van der Waals surface area contributed by atoms with E-state index in [1.54, 1.807) is 24.3 Å². The molecule has 2 heterocycles. The Morgan fingerprint density at radius 2 is 1.72 bits per heavy atom. The number of carboxylic acids is 1. The summed E-state index contributed by atoms with van der Waals surface area (Å²) in [5, 5.41) is 9.69. The summed E-state index contributed by atoms with van der Waals surface area (Å²) in [5.74, 6) is -1.32. The summed E-state index contributed by atoms with van der Waals surface area (Å²) >= 11 is 3.37. The van der Waals surface area contributed by atoms with E-state index in [4.69, 9.17) is 4.74 Å². The van der Waals surface area contributed by atoms with Crippen LogP contribution in [0.5, 0.6) is 0 Å². The number of hydrogen-bond donors (Lipinski definition) is 1. The largest absolute Gasteiger partial charge is 0.480 e. The van der Waals surface area contributed by atoms with Gasteiger partial charge in [0.2, 0.25) is 0 Å². The van der Waals surface area contributed by atoms with Crippen molar-refractivity contribution in [3.05, 3.63) is 70.2 Å². The van der Waals surface area contributed by atoms with Gasteiger partial charge in [-0.3, -0.25) is 14.6 Å². The molecule has 4 rings (SSSR count). The highest BCUT2D eigenvalue weighted by molar-refractivity contribution is 9.10. The van der Waals surface area contributed by atoms with E-state index >= 15 is 0 Å². The summed E-state index contributed by atoms with van der Waals surface area (Å²) < 4.78 is 6.89. The van der Waals surface area contributed by atoms with E-state index in [0.717, 1.165) is 24.1 Å². The van der Waals surface area contributed by atoms with E-state index in [2.05, 4.69) is 33.0 Å². The van der Waals surface area contributed by atoms with Crippen LogP contribution >= 0.6 is 15.9 Å². The van der Waals surface area contributed by atoms with Crippen molar-refractivity contribution >= 4 is 27.8 Å². The van der Waals surface area contributed by atoms with E-state index in [1.807, 2.05) is 18.2 Å². The molecule has 2 fully saturated rings. The number of nitrogens with zero attached hydrogens (tertiary/aromatic N) is 2. The topological polar surface area (TPSA) is 70.1 Å². The van der Waals surface area contributed by atoms with Gasteiger partial charge in [-0.2, -0.15) is 0 Å². The standard InChI is InChI=1S/C22H23BrN2O4/c23-18-8-6-17(7-9-18)20(26)25-19(21(27)28)15-29-22(25)10-12-24(13-11-22)14-16-4-2-1-3-5-16/h1-9,19H,10-15H2,(H,27,28)/t19-/m1/s1. The van der Waals surface area contributed by atoms with Crippen molar-refractivity contribution in [3.63, 3.8) is 0 Å². The van der Waals surface area contributed by atoms with Crippen molar-refractivity contribution < 1.29 is 19.4 Å². The average molecular weight is 459 g/mol. The molecule has 2 aliphatic heterocycles. The van der Waals surface area contributed by atoms with Gasteiger partial charge in [-0.25, -0.2) is 4.79 Å². The maximum Gasteiger partial charge on any atom is 0.328 e. The van der Waals surface area contributed by atoms with Gasteiger partial charge in [0, 0.05) is 42.5 Å². The first-order valence-electron chi connectivity index (χ1n) is 9.71. The number of carbonyl (C=O) groups is 2. The number of hydrogen-bond acceptors (Lipinski definition) is 4. The van der Waals surface area contributed by atoms with E-state index in [-0.39, 0.29) is 12.5 Å². The summed E-state index contributed by atoms with van der Waals surface area (Å²) in [5.41, 5.74) is 0.846. The molecule has 7 heteroatoms. The lowest BCUT2D eigenvalue weighted by Crippen LogP contribution is -2.58. The van der Waals surface area contributed by atoms with E-state index in [0.29, 0.717) is 18.4 Å². The Morgan fingerprint density at radius 1 is 1.07 bits per heavy atom. The lowest BCUT2D eigenvalue weighted by atomic mass is 9.96. The normalized spacial score (nSPS) is 21.4. The maximum atomic E-state index is 13.3. The fourth-order valence-corrected chi connectivity index (χ4v) is 4.45. The van der Waals surface area contributed by atoms with E-state index < -0.39 is 17.7 Å². The molecule has 2 aromatic rings. The molecule has 6 nitrogen and oxygen atoms in total. The Labute approximate surface area is 178 Å². The number of carbonyl (C=O) groups excluding carboxylic acids is 1. The van der Waals surface area contributed by atoms with Gasteiger partial charge < -0.3 is 9.84 Å². The minimum Gasteiger partial charge on any atom is -0.480 e. The average Bonchev–Trinajstić information content (AvgIpc) is 3.10. The second-order valence-corrected chi connectivity index (χ2v) is 8.47. The van der Waals surface area contributed by atoms with Crippen molar-refractivity contribution in [1.29, 1.82) is 0 Å². The van der Waals surface area contributed by atoms with E-state index in [9.17, 15) is 14.7 Å². The zero-order valence-electron chi connectivity index (χ0n) is 16.0. The van der Waals surface area contributed by atoms with Crippen LogP contribution < -0.4 is 0 Å². The van der Waals surface area contributed by atoms with Crippen LogP contribution in [0.2, 0.25) is 0 Å². The first-order valence-corrected chi connectivity index (χ1v) is 10.5. The summed E-state index contributed by atoms with van der Waals surface area (Å²) in [6.07, 6.45) is 1.18. The Bertz CT molecular complexity index is 879. The molecule has 29 heavy (non-hydrogen) atoms. The molecule has 0 aliphatic carbocycles. The Morgan fingerprint density at radius 3 is 2.34 bits per heavy atom. The predicted octanol–water partition coefficient (Wildman–Crippen LogP) is 3.37. The van der Waals surface area contributed by atoms with Crippen LogP contribution in [-0.4, -0.2) is 58.2 Å². The quantitative estimate of drug-likeness (QED) is 0.760. The third-order valence-electron chi connectivity index (χ3n) is 5.74. The summed E-state index contributed by atoms with van der Waals surface area (Å²) in [6, 6.07) is 16.3. The highest BCUT2D eigenvalue weighted by Crippen LogP contribution is 2.38. The van der Waals surface area contributed by atoms with Gasteiger partial charge in [-0.15, -0.1) is 0 Å². The molecule has 1 atom stereocenters. The molecule has 2 aliphatic rings. The van der Waals surface area contributed by atoms with Crippen LogP contribution in [0.15, 0.2) is 59.1 Å². The lowest BCUT2D eigenvalue weighted by molar-refractivity contribution is -0.144. The number of piperidine rings is 1. The maximum absolute atomic E-state index is 13.3. The van der Waals surface area contributed by atoms with Gasteiger partial charge in [0.05, 0.1) is 6.61 Å². The van der Waals surface area contributed by atoms with Crippen molar-refractivity contribution in [2.24, 2.45) is 0 Å². The zero-order chi connectivity index (χ0) is 20.4. The molecule has 1 N–H and O–H groups in total. The summed E-state index contributed by atoms with van der Waals surface area (Å²) in [6.45, 7) is 2.34. The Kier molecular flexibility index (Phi) is 5.72. The zero-order valence-corrected chi connectivity index (χ0v) is 17.5. The van der Waals surface area contributed by atoms with Gasteiger partial charge in [0.15, 0.2) is 6.04 Å². The van der Waals surface area contributed by atoms with Crippen LogP contribution in [-0.2, 0) is 16.1 Å². The number of carboxylic acid groups (broad SMARTS) is 1. The minimum absolute atomic E-state index is 0.0241. The van der Waals surface area contributed by atoms with Crippen molar-refractivity contribution in [2.45, 2.75) is 31.2 Å². The van der Waals surface area contributed by atoms with Crippen LogP contribution in [0.1, 0.15) is 28.8 Å². The second kappa shape index (κ2) is 8.26. The third kappa shape index (κ3) is 4.08. The van der Waals surface area contributed by atoms with Crippen LogP contribution in [0.4, 0.5) is 0 Å². The van der Waals surface area contributed by atoms with Crippen LogP contribution in [0.3, 0.4) is 0 Å². The number of amides is 1. The van der Waals surface area contributed by atoms with Gasteiger partial charge in [-0.05, 0) is 29.8 Å². The molecule has 1 amide bonds. The molecular formula is C22H23BrN2O4. The summed E-state index contributed by atoms with van der Waals surface area (Å²) in [7, 11) is 0. The molecule has 2 aromatic carbocycles. The fourth-order valence-electron chi connectivity index (χ4n) is 4.19. The molecule has 0 radical (unpaired) electrons. The lowest BCUT2D eigenvalue weighted by Gasteiger charge is -2.44. The van der Waals surface area contributed by atoms with Crippen molar-refractivity contribution in [2.75, 3.05) is 19.7 Å².